The molecule has 2 N–H and O–H groups in total. The predicted octanol–water partition coefficient (Wildman–Crippen LogP) is -0.460. The maximum absolute atomic E-state index is 9.92. The molecule has 0 aromatic rings. The lowest BCUT2D eigenvalue weighted by Gasteiger charge is -1.95. The smallest absolute Gasteiger partial charge is 0.304 e. The lowest BCUT2D eigenvalue weighted by Crippen LogP contribution is -2.14. The third-order valence-corrected chi connectivity index (χ3v) is 0.968. The van der Waals surface area contributed by atoms with Crippen LogP contribution in [0.3, 0.4) is 0 Å². The zero-order valence-electron chi connectivity index (χ0n) is 5.99. The van der Waals surface area contributed by atoms with E-state index in [0.29, 0.717) is 0 Å². The van der Waals surface area contributed by atoms with Gasteiger partial charge in [0, 0.05) is 13.1 Å². The summed E-state index contributed by atoms with van der Waals surface area (Å²) in [5, 5.41) is 20.0. The van der Waals surface area contributed by atoms with Gasteiger partial charge in [-0.3, -0.25) is 9.59 Å². The first-order valence-corrected chi connectivity index (χ1v) is 3.20. The Morgan fingerprint density at radius 2 is 1.36 bits per heavy atom. The van der Waals surface area contributed by atoms with Gasteiger partial charge in [-0.1, -0.05) is 0 Å². The molecule has 0 aliphatic rings. The van der Waals surface area contributed by atoms with Crippen molar-refractivity contribution >= 4 is 11.9 Å². The molecular weight excluding hydrogens is 150 g/mol. The molecule has 0 bridgehead atoms. The van der Waals surface area contributed by atoms with E-state index in [4.69, 9.17) is 10.2 Å². The predicted molar refractivity (Wildman–Crippen MR) is 36.4 cm³/mol. The number of rotatable bonds is 6. The van der Waals surface area contributed by atoms with Gasteiger partial charge < -0.3 is 10.2 Å². The Morgan fingerprint density at radius 3 is 1.64 bits per heavy atom. The van der Waals surface area contributed by atoms with E-state index < -0.39 is 11.9 Å². The van der Waals surface area contributed by atoms with E-state index in [-0.39, 0.29) is 25.9 Å². The van der Waals surface area contributed by atoms with Crippen molar-refractivity contribution in [1.29, 1.82) is 0 Å². The lowest BCUT2D eigenvalue weighted by atomic mass is 10.4. The Balaban J connectivity index is 3.03. The van der Waals surface area contributed by atoms with E-state index in [1.54, 1.807) is 0 Å². The van der Waals surface area contributed by atoms with Gasteiger partial charge >= 0.3 is 11.9 Å². The van der Waals surface area contributed by atoms with Gasteiger partial charge in [0.1, 0.15) is 0 Å². The molecule has 0 saturated carbocycles. The maximum Gasteiger partial charge on any atom is 0.304 e. The summed E-state index contributed by atoms with van der Waals surface area (Å²) in [5.41, 5.74) is 0. The van der Waals surface area contributed by atoms with E-state index in [2.05, 4.69) is 5.32 Å². The summed E-state index contributed by atoms with van der Waals surface area (Å²) in [4.78, 5) is 19.8. The first kappa shape index (κ1) is 9.90. The van der Waals surface area contributed by atoms with Crippen LogP contribution in [0.2, 0.25) is 0 Å². The highest BCUT2D eigenvalue weighted by atomic mass is 16.4. The maximum atomic E-state index is 9.92. The van der Waals surface area contributed by atoms with Gasteiger partial charge in [0.15, 0.2) is 0 Å². The van der Waals surface area contributed by atoms with Crippen LogP contribution < -0.4 is 5.32 Å². The van der Waals surface area contributed by atoms with Crippen LogP contribution >= 0.6 is 0 Å². The third kappa shape index (κ3) is 8.90. The average Bonchev–Trinajstić information content (AvgIpc) is 1.85. The second-order valence-electron chi connectivity index (χ2n) is 1.96. The minimum atomic E-state index is -0.913. The van der Waals surface area contributed by atoms with Gasteiger partial charge in [0.05, 0.1) is 12.8 Å². The molecule has 0 unspecified atom stereocenters. The van der Waals surface area contributed by atoms with Crippen molar-refractivity contribution in [3.63, 3.8) is 0 Å². The summed E-state index contributed by atoms with van der Waals surface area (Å²) in [7, 11) is 0. The SMILES string of the molecule is O=C(O)CC[N]CCC(=O)O. The highest BCUT2D eigenvalue weighted by molar-refractivity contribution is 5.67. The van der Waals surface area contributed by atoms with Crippen molar-refractivity contribution in [3.8, 4) is 0 Å². The van der Waals surface area contributed by atoms with Crippen LogP contribution in [-0.2, 0) is 9.59 Å². The second-order valence-corrected chi connectivity index (χ2v) is 1.96. The Bertz CT molecular complexity index is 130. The van der Waals surface area contributed by atoms with Crippen LogP contribution in [0.5, 0.6) is 0 Å². The Kier molecular flexibility index (Phi) is 5.10. The molecule has 0 fully saturated rings. The molecule has 0 aliphatic heterocycles. The van der Waals surface area contributed by atoms with Gasteiger partial charge in [0.25, 0.3) is 0 Å². The van der Waals surface area contributed by atoms with Crippen LogP contribution in [0.25, 0.3) is 0 Å². The monoisotopic (exact) mass is 160 g/mol. The fourth-order valence-corrected chi connectivity index (χ4v) is 0.461. The molecule has 0 atom stereocenters. The second kappa shape index (κ2) is 5.67. The number of aliphatic carboxylic acids is 2. The normalized spacial score (nSPS) is 9.45. The minimum absolute atomic E-state index is 0.0282. The van der Waals surface area contributed by atoms with Gasteiger partial charge in [0.2, 0.25) is 0 Å². The van der Waals surface area contributed by atoms with Crippen molar-refractivity contribution < 1.29 is 19.8 Å². The standard InChI is InChI=1S/C6H10NO4/c8-5(9)1-3-7-4-2-6(10)11/h1-4H2,(H,8,9)(H,10,11). The first-order chi connectivity index (χ1) is 5.13. The van der Waals surface area contributed by atoms with Crippen LogP contribution in [0.1, 0.15) is 12.8 Å². The number of nitrogens with zero attached hydrogens (tertiary/aromatic N) is 1. The molecule has 0 heterocycles. The van der Waals surface area contributed by atoms with Gasteiger partial charge in [-0.2, -0.15) is 0 Å². The Hall–Kier alpha value is -1.10. The van der Waals surface area contributed by atoms with Crippen LogP contribution in [0.15, 0.2) is 0 Å². The van der Waals surface area contributed by atoms with Crippen LogP contribution in [0.4, 0.5) is 0 Å². The first-order valence-electron chi connectivity index (χ1n) is 3.20. The number of carbonyl (C=O) groups is 2. The zero-order valence-corrected chi connectivity index (χ0v) is 5.99. The Morgan fingerprint density at radius 1 is 1.00 bits per heavy atom. The molecule has 1 radical (unpaired) electrons. The molecule has 0 spiro atoms. The molecule has 0 aliphatic carbocycles. The molecule has 0 saturated heterocycles. The average molecular weight is 160 g/mol. The summed E-state index contributed by atoms with van der Waals surface area (Å²) in [6, 6.07) is 0. The summed E-state index contributed by atoms with van der Waals surface area (Å²) < 4.78 is 0. The third-order valence-electron chi connectivity index (χ3n) is 0.968. The topological polar surface area (TPSA) is 88.7 Å². The molecule has 0 aromatic heterocycles. The van der Waals surface area contributed by atoms with E-state index in [9.17, 15) is 9.59 Å². The van der Waals surface area contributed by atoms with E-state index in [1.807, 2.05) is 0 Å². The van der Waals surface area contributed by atoms with Crippen LogP contribution in [-0.4, -0.2) is 35.2 Å². The fourth-order valence-electron chi connectivity index (χ4n) is 0.461. The van der Waals surface area contributed by atoms with E-state index in [0.717, 1.165) is 0 Å². The van der Waals surface area contributed by atoms with E-state index in [1.165, 1.54) is 0 Å². The molecule has 5 nitrogen and oxygen atoms in total. The zero-order chi connectivity index (χ0) is 8.69. The van der Waals surface area contributed by atoms with E-state index >= 15 is 0 Å². The largest absolute Gasteiger partial charge is 0.481 e. The number of hydrogen-bond acceptors (Lipinski definition) is 2. The molecule has 63 valence electrons. The summed E-state index contributed by atoms with van der Waals surface area (Å²) >= 11 is 0. The summed E-state index contributed by atoms with van der Waals surface area (Å²) in [6.07, 6.45) is -0.0563. The molecule has 0 amide bonds. The molecule has 0 aromatic carbocycles. The number of hydrogen-bond donors (Lipinski definition) is 2. The molecule has 11 heavy (non-hydrogen) atoms. The van der Waals surface area contributed by atoms with Crippen LogP contribution in [0, 0.1) is 0 Å². The fraction of sp³-hybridized carbons (Fsp3) is 0.667. The lowest BCUT2D eigenvalue weighted by molar-refractivity contribution is -0.137. The van der Waals surface area contributed by atoms with Gasteiger partial charge in [-0.25, -0.2) is 5.32 Å². The quantitative estimate of drug-likeness (QED) is 0.514. The number of carboxylic acids is 2. The molecular formula is C6H10NO4. The van der Waals surface area contributed by atoms with Crippen molar-refractivity contribution in [3.05, 3.63) is 0 Å². The van der Waals surface area contributed by atoms with Crippen molar-refractivity contribution in [2.24, 2.45) is 0 Å². The van der Waals surface area contributed by atoms with Gasteiger partial charge in [-0.05, 0) is 0 Å². The highest BCUT2D eigenvalue weighted by Crippen LogP contribution is 1.80. The van der Waals surface area contributed by atoms with Crippen molar-refractivity contribution in [2.45, 2.75) is 12.8 Å². The molecule has 0 rings (SSSR count). The minimum Gasteiger partial charge on any atom is -0.481 e. The highest BCUT2D eigenvalue weighted by Gasteiger charge is 1.98. The Labute approximate surface area is 64.0 Å². The summed E-state index contributed by atoms with van der Waals surface area (Å²) in [5.74, 6) is -1.83. The van der Waals surface area contributed by atoms with Crippen molar-refractivity contribution in [1.82, 2.24) is 5.32 Å². The molecule has 5 heteroatoms. The number of carboxylic acid groups (broad SMARTS) is 2. The summed E-state index contributed by atoms with van der Waals surface area (Å²) in [6.45, 7) is 0.394. The van der Waals surface area contributed by atoms with Gasteiger partial charge in [-0.15, -0.1) is 0 Å². The van der Waals surface area contributed by atoms with Crippen molar-refractivity contribution in [2.75, 3.05) is 13.1 Å².